The summed E-state index contributed by atoms with van der Waals surface area (Å²) in [7, 11) is 0. The maximum absolute atomic E-state index is 2.62. The molecule has 1 saturated heterocycles. The third-order valence-electron chi connectivity index (χ3n) is 3.35. The molecule has 1 rings (SSSR count). The van der Waals surface area contributed by atoms with Gasteiger partial charge in [0.05, 0.1) is 0 Å². The van der Waals surface area contributed by atoms with Crippen molar-refractivity contribution in [2.75, 3.05) is 13.1 Å². The van der Waals surface area contributed by atoms with Crippen LogP contribution < -0.4 is 0 Å². The molecule has 1 heterocycles. The molecule has 0 bridgehead atoms. The Labute approximate surface area is 70.8 Å². The molecule has 0 saturated carbocycles. The molecule has 66 valence electrons. The summed E-state index contributed by atoms with van der Waals surface area (Å²) >= 11 is 0. The first-order valence-corrected chi connectivity index (χ1v) is 4.84. The molecule has 0 N–H and O–H groups in total. The van der Waals surface area contributed by atoms with Gasteiger partial charge in [0.2, 0.25) is 0 Å². The molecule has 1 nitrogen and oxygen atoms in total. The van der Waals surface area contributed by atoms with E-state index in [2.05, 4.69) is 32.6 Å². The molecular weight excluding hydrogens is 134 g/mol. The van der Waals surface area contributed by atoms with Crippen LogP contribution in [0.1, 0.15) is 40.5 Å². The van der Waals surface area contributed by atoms with E-state index < -0.39 is 0 Å². The molecule has 1 fully saturated rings. The quantitative estimate of drug-likeness (QED) is 0.592. The van der Waals surface area contributed by atoms with Gasteiger partial charge in [-0.25, -0.2) is 0 Å². The van der Waals surface area contributed by atoms with Crippen LogP contribution in [0.2, 0.25) is 0 Å². The highest BCUT2D eigenvalue weighted by atomic mass is 15.2. The summed E-state index contributed by atoms with van der Waals surface area (Å²) in [4.78, 5) is 2.62. The van der Waals surface area contributed by atoms with Gasteiger partial charge in [-0.15, -0.1) is 0 Å². The minimum atomic E-state index is 0.454. The molecule has 0 aromatic heterocycles. The predicted octanol–water partition coefficient (Wildman–Crippen LogP) is 2.52. The number of hydrogen-bond donors (Lipinski definition) is 0. The third kappa shape index (κ3) is 1.58. The highest BCUT2D eigenvalue weighted by Crippen LogP contribution is 2.33. The Morgan fingerprint density at radius 2 is 2.09 bits per heavy atom. The Balaban J connectivity index is 2.55. The normalized spacial score (nSPS) is 31.1. The van der Waals surface area contributed by atoms with Gasteiger partial charge in [-0.3, -0.25) is 4.90 Å². The summed E-state index contributed by atoms with van der Waals surface area (Å²) in [5.41, 5.74) is 0.454. The molecule has 1 atom stereocenters. The summed E-state index contributed by atoms with van der Waals surface area (Å²) in [5.74, 6) is 0.869. The molecule has 0 aromatic rings. The monoisotopic (exact) mass is 155 g/mol. The van der Waals surface area contributed by atoms with E-state index in [-0.39, 0.29) is 0 Å². The largest absolute Gasteiger partial charge is 0.298 e. The van der Waals surface area contributed by atoms with Crippen molar-refractivity contribution in [1.82, 2.24) is 4.90 Å². The SMILES string of the molecule is CCCN1CCC(C)C1(C)C. The Morgan fingerprint density at radius 1 is 1.45 bits per heavy atom. The Kier molecular flexibility index (Phi) is 2.58. The first-order chi connectivity index (χ1) is 5.09. The minimum absolute atomic E-state index is 0.454. The van der Waals surface area contributed by atoms with Crippen molar-refractivity contribution in [3.05, 3.63) is 0 Å². The van der Waals surface area contributed by atoms with E-state index >= 15 is 0 Å². The molecule has 0 spiro atoms. The summed E-state index contributed by atoms with van der Waals surface area (Å²) < 4.78 is 0. The van der Waals surface area contributed by atoms with Crippen molar-refractivity contribution in [2.45, 2.75) is 46.1 Å². The lowest BCUT2D eigenvalue weighted by molar-refractivity contribution is 0.145. The van der Waals surface area contributed by atoms with Gasteiger partial charge in [-0.1, -0.05) is 13.8 Å². The molecule has 0 amide bonds. The van der Waals surface area contributed by atoms with E-state index in [9.17, 15) is 0 Å². The van der Waals surface area contributed by atoms with Crippen molar-refractivity contribution in [3.63, 3.8) is 0 Å². The van der Waals surface area contributed by atoms with Gasteiger partial charge in [0.1, 0.15) is 0 Å². The highest BCUT2D eigenvalue weighted by Gasteiger charge is 2.37. The van der Waals surface area contributed by atoms with Gasteiger partial charge < -0.3 is 0 Å². The lowest BCUT2D eigenvalue weighted by Crippen LogP contribution is -2.41. The van der Waals surface area contributed by atoms with E-state index in [0.717, 1.165) is 5.92 Å². The lowest BCUT2D eigenvalue weighted by Gasteiger charge is -2.34. The number of likely N-dealkylation sites (tertiary alicyclic amines) is 1. The predicted molar refractivity (Wildman–Crippen MR) is 49.7 cm³/mol. The fraction of sp³-hybridized carbons (Fsp3) is 1.00. The summed E-state index contributed by atoms with van der Waals surface area (Å²) in [5, 5.41) is 0. The van der Waals surface area contributed by atoms with E-state index in [1.807, 2.05) is 0 Å². The van der Waals surface area contributed by atoms with Crippen LogP contribution in [0.3, 0.4) is 0 Å². The molecule has 1 unspecified atom stereocenters. The second-order valence-corrected chi connectivity index (χ2v) is 4.33. The molecule has 0 radical (unpaired) electrons. The van der Waals surface area contributed by atoms with Crippen LogP contribution in [0, 0.1) is 5.92 Å². The van der Waals surface area contributed by atoms with Crippen LogP contribution >= 0.6 is 0 Å². The van der Waals surface area contributed by atoms with Gasteiger partial charge in [0.15, 0.2) is 0 Å². The standard InChI is InChI=1S/C10H21N/c1-5-7-11-8-6-9(2)10(11,3)4/h9H,5-8H2,1-4H3. The van der Waals surface area contributed by atoms with Crippen LogP contribution in [-0.2, 0) is 0 Å². The summed E-state index contributed by atoms with van der Waals surface area (Å²) in [6, 6.07) is 0. The molecule has 1 heteroatoms. The maximum Gasteiger partial charge on any atom is 0.0179 e. The van der Waals surface area contributed by atoms with Gasteiger partial charge in [0, 0.05) is 5.54 Å². The second kappa shape index (κ2) is 3.14. The number of hydrogen-bond acceptors (Lipinski definition) is 1. The molecule has 0 aliphatic carbocycles. The number of rotatable bonds is 2. The van der Waals surface area contributed by atoms with Crippen LogP contribution in [0.4, 0.5) is 0 Å². The van der Waals surface area contributed by atoms with Crippen molar-refractivity contribution in [2.24, 2.45) is 5.92 Å². The first kappa shape index (κ1) is 9.05. The first-order valence-electron chi connectivity index (χ1n) is 4.84. The van der Waals surface area contributed by atoms with Crippen LogP contribution in [0.5, 0.6) is 0 Å². The van der Waals surface area contributed by atoms with Crippen LogP contribution in [0.15, 0.2) is 0 Å². The van der Waals surface area contributed by atoms with E-state index in [1.54, 1.807) is 0 Å². The number of nitrogens with zero attached hydrogens (tertiary/aromatic N) is 1. The van der Waals surface area contributed by atoms with Crippen LogP contribution in [-0.4, -0.2) is 23.5 Å². The molecule has 1 aliphatic heterocycles. The minimum Gasteiger partial charge on any atom is -0.298 e. The smallest absolute Gasteiger partial charge is 0.0179 e. The average Bonchev–Trinajstić information content (AvgIpc) is 2.16. The topological polar surface area (TPSA) is 3.24 Å². The molecule has 11 heavy (non-hydrogen) atoms. The van der Waals surface area contributed by atoms with Gasteiger partial charge in [-0.05, 0) is 45.7 Å². The summed E-state index contributed by atoms with van der Waals surface area (Å²) in [6.07, 6.45) is 2.67. The highest BCUT2D eigenvalue weighted by molar-refractivity contribution is 4.92. The van der Waals surface area contributed by atoms with Gasteiger partial charge in [-0.2, -0.15) is 0 Å². The lowest BCUT2D eigenvalue weighted by atomic mass is 9.90. The molecular formula is C10H21N. The fourth-order valence-corrected chi connectivity index (χ4v) is 1.97. The van der Waals surface area contributed by atoms with Crippen molar-refractivity contribution in [1.29, 1.82) is 0 Å². The van der Waals surface area contributed by atoms with E-state index in [0.29, 0.717) is 5.54 Å². The van der Waals surface area contributed by atoms with E-state index in [4.69, 9.17) is 0 Å². The maximum atomic E-state index is 2.62. The third-order valence-corrected chi connectivity index (χ3v) is 3.35. The van der Waals surface area contributed by atoms with E-state index in [1.165, 1.54) is 25.9 Å². The van der Waals surface area contributed by atoms with Crippen molar-refractivity contribution in [3.8, 4) is 0 Å². The Bertz CT molecular complexity index is 127. The van der Waals surface area contributed by atoms with Gasteiger partial charge >= 0.3 is 0 Å². The average molecular weight is 155 g/mol. The fourth-order valence-electron chi connectivity index (χ4n) is 1.97. The van der Waals surface area contributed by atoms with Crippen molar-refractivity contribution >= 4 is 0 Å². The van der Waals surface area contributed by atoms with Gasteiger partial charge in [0.25, 0.3) is 0 Å². The molecule has 0 aromatic carbocycles. The Hall–Kier alpha value is -0.0400. The zero-order chi connectivity index (χ0) is 8.48. The zero-order valence-electron chi connectivity index (χ0n) is 8.35. The second-order valence-electron chi connectivity index (χ2n) is 4.33. The Morgan fingerprint density at radius 3 is 2.45 bits per heavy atom. The zero-order valence-corrected chi connectivity index (χ0v) is 8.35. The molecule has 1 aliphatic rings. The van der Waals surface area contributed by atoms with Crippen molar-refractivity contribution < 1.29 is 0 Å². The summed E-state index contributed by atoms with van der Waals surface area (Å²) in [6.45, 7) is 12.0. The van der Waals surface area contributed by atoms with Crippen LogP contribution in [0.25, 0.3) is 0 Å².